The van der Waals surface area contributed by atoms with Crippen molar-refractivity contribution in [1.29, 1.82) is 0 Å². The predicted octanol–water partition coefficient (Wildman–Crippen LogP) is 11.0. The topological polar surface area (TPSA) is 63.2 Å². The summed E-state index contributed by atoms with van der Waals surface area (Å²) in [7, 11) is -4.36. The van der Waals surface area contributed by atoms with Gasteiger partial charge in [-0.2, -0.15) is 0 Å². The van der Waals surface area contributed by atoms with E-state index in [9.17, 15) is 4.79 Å². The lowest BCUT2D eigenvalue weighted by atomic mass is 9.91. The molecular formula is C42H70O6Si2. The summed E-state index contributed by atoms with van der Waals surface area (Å²) in [4.78, 5) is 13.5. The van der Waals surface area contributed by atoms with Gasteiger partial charge in [0, 0.05) is 12.5 Å². The number of fused-ring (bicyclic) bond motifs is 2. The normalized spacial score (nSPS) is 30.6. The standard InChI is InChI=1S/C42H70O6Si2/c1-31-25-26-44-35(28-31)23-24-39(48-50(12,13)42(7,8)9)38-21-15-20-37(47-49(10,11)41(4,5)6)30-33(3)27-32(2)29-36-19-14-17-34(45-36)18-16-22-40(43)46-38/h14-17,20,22-25,32,34-39H,3,18-19,21,26-30H2,1-2,4-13H3/b20-15+,22-16+,24-23+/t32-,34-,35+,36-,37-,38-,39-/m0/s1. The molecule has 0 radical (unpaired) electrons. The van der Waals surface area contributed by atoms with Crippen molar-refractivity contribution in [2.75, 3.05) is 6.61 Å². The lowest BCUT2D eigenvalue weighted by Gasteiger charge is -2.40. The van der Waals surface area contributed by atoms with E-state index in [-0.39, 0.29) is 40.5 Å². The first-order valence-corrected chi connectivity index (χ1v) is 24.8. The molecule has 0 saturated heterocycles. The average Bonchev–Trinajstić information content (AvgIpc) is 2.97. The van der Waals surface area contributed by atoms with E-state index in [1.807, 2.05) is 6.08 Å². The Morgan fingerprint density at radius 3 is 2.26 bits per heavy atom. The van der Waals surface area contributed by atoms with Gasteiger partial charge in [-0.05, 0) is 87.6 Å². The maximum atomic E-state index is 13.5. The molecule has 8 heteroatoms. The van der Waals surface area contributed by atoms with Gasteiger partial charge in [-0.1, -0.05) is 115 Å². The molecule has 0 amide bonds. The molecule has 7 atom stereocenters. The molecule has 282 valence electrons. The van der Waals surface area contributed by atoms with Crippen LogP contribution in [0.3, 0.4) is 0 Å². The molecule has 0 spiro atoms. The second kappa shape index (κ2) is 18.3. The zero-order valence-corrected chi connectivity index (χ0v) is 35.6. The molecule has 3 heterocycles. The first-order chi connectivity index (χ1) is 23.1. The molecule has 6 nitrogen and oxygen atoms in total. The fourth-order valence-corrected chi connectivity index (χ4v) is 8.64. The summed E-state index contributed by atoms with van der Waals surface area (Å²) >= 11 is 0. The van der Waals surface area contributed by atoms with Crippen molar-refractivity contribution in [3.63, 3.8) is 0 Å². The zero-order valence-electron chi connectivity index (χ0n) is 33.6. The number of ether oxygens (including phenoxy) is 3. The third-order valence-corrected chi connectivity index (χ3v) is 20.1. The molecule has 0 unspecified atom stereocenters. The van der Waals surface area contributed by atoms with Crippen molar-refractivity contribution in [2.24, 2.45) is 5.92 Å². The van der Waals surface area contributed by atoms with Crippen molar-refractivity contribution in [1.82, 2.24) is 0 Å². The Hall–Kier alpha value is -1.82. The lowest BCUT2D eigenvalue weighted by molar-refractivity contribution is -0.146. The van der Waals surface area contributed by atoms with E-state index in [0.29, 0.717) is 25.4 Å². The van der Waals surface area contributed by atoms with Gasteiger partial charge in [0.15, 0.2) is 16.6 Å². The van der Waals surface area contributed by atoms with Crippen molar-refractivity contribution >= 4 is 22.6 Å². The van der Waals surface area contributed by atoms with E-state index in [4.69, 9.17) is 23.1 Å². The minimum atomic E-state index is -2.27. The number of carbonyl (C=O) groups excluding carboxylic acids is 1. The smallest absolute Gasteiger partial charge is 0.330 e. The van der Waals surface area contributed by atoms with Crippen molar-refractivity contribution in [3.8, 4) is 0 Å². The third-order valence-electron chi connectivity index (χ3n) is 11.2. The summed E-state index contributed by atoms with van der Waals surface area (Å²) in [6.45, 7) is 32.2. The first-order valence-electron chi connectivity index (χ1n) is 19.0. The summed E-state index contributed by atoms with van der Waals surface area (Å²) in [6, 6.07) is 0. The summed E-state index contributed by atoms with van der Waals surface area (Å²) in [5.41, 5.74) is 2.51. The fourth-order valence-electron chi connectivity index (χ4n) is 6.10. The Morgan fingerprint density at radius 2 is 1.60 bits per heavy atom. The Morgan fingerprint density at radius 1 is 0.920 bits per heavy atom. The highest BCUT2D eigenvalue weighted by molar-refractivity contribution is 6.74. The highest BCUT2D eigenvalue weighted by Gasteiger charge is 2.41. The summed E-state index contributed by atoms with van der Waals surface area (Å²) in [6.07, 6.45) is 22.9. The van der Waals surface area contributed by atoms with Crippen LogP contribution in [0.2, 0.25) is 36.3 Å². The van der Waals surface area contributed by atoms with E-state index in [2.05, 4.69) is 131 Å². The van der Waals surface area contributed by atoms with E-state index in [0.717, 1.165) is 32.1 Å². The Labute approximate surface area is 307 Å². The van der Waals surface area contributed by atoms with Crippen LogP contribution in [0.5, 0.6) is 0 Å². The van der Waals surface area contributed by atoms with Crippen LogP contribution >= 0.6 is 0 Å². The first kappa shape index (κ1) is 42.6. The molecule has 0 aromatic heterocycles. The van der Waals surface area contributed by atoms with E-state index < -0.39 is 28.8 Å². The van der Waals surface area contributed by atoms with Crippen LogP contribution in [0.25, 0.3) is 0 Å². The third kappa shape index (κ3) is 13.6. The average molecular weight is 727 g/mol. The van der Waals surface area contributed by atoms with E-state index in [1.54, 1.807) is 6.08 Å². The molecule has 50 heavy (non-hydrogen) atoms. The molecule has 0 aliphatic carbocycles. The molecule has 3 rings (SSSR count). The summed E-state index contributed by atoms with van der Waals surface area (Å²) in [5, 5.41) is 0.0376. The van der Waals surface area contributed by atoms with Gasteiger partial charge >= 0.3 is 5.97 Å². The van der Waals surface area contributed by atoms with Crippen LogP contribution in [0.1, 0.15) is 100 Å². The molecule has 0 fully saturated rings. The van der Waals surface area contributed by atoms with Gasteiger partial charge in [-0.15, -0.1) is 0 Å². The molecule has 0 saturated carbocycles. The van der Waals surface area contributed by atoms with Crippen molar-refractivity contribution in [2.45, 2.75) is 173 Å². The van der Waals surface area contributed by atoms with Gasteiger partial charge in [-0.25, -0.2) is 4.79 Å². The van der Waals surface area contributed by atoms with E-state index >= 15 is 0 Å². The van der Waals surface area contributed by atoms with Crippen LogP contribution < -0.4 is 0 Å². The second-order valence-corrected chi connectivity index (χ2v) is 27.5. The zero-order chi connectivity index (χ0) is 37.3. The van der Waals surface area contributed by atoms with E-state index in [1.165, 1.54) is 11.1 Å². The highest BCUT2D eigenvalue weighted by Crippen LogP contribution is 2.40. The van der Waals surface area contributed by atoms with Crippen molar-refractivity contribution in [3.05, 3.63) is 72.4 Å². The monoisotopic (exact) mass is 726 g/mol. The maximum absolute atomic E-state index is 13.5. The summed E-state index contributed by atoms with van der Waals surface area (Å²) in [5.74, 6) is 0.0697. The predicted molar refractivity (Wildman–Crippen MR) is 213 cm³/mol. The second-order valence-electron chi connectivity index (χ2n) is 18.0. The minimum absolute atomic E-state index is 0.0278. The van der Waals surface area contributed by atoms with Gasteiger partial charge in [0.1, 0.15) is 12.2 Å². The molecule has 0 N–H and O–H groups in total. The number of carbonyl (C=O) groups is 1. The number of esters is 1. The lowest BCUT2D eigenvalue weighted by Crippen LogP contribution is -2.47. The van der Waals surface area contributed by atoms with Crippen molar-refractivity contribution < 1.29 is 27.9 Å². The van der Waals surface area contributed by atoms with Gasteiger partial charge in [0.2, 0.25) is 0 Å². The largest absolute Gasteiger partial charge is 0.456 e. The SMILES string of the molecule is C=C1C[C@H](C)C[C@@H]2CC=C[C@@H](C/C=C/C(=O)O[C@H]([C@H](/C=C/[C@@H]3CC(C)=CCO3)O[Si](C)(C)C(C)(C)C)C/C=C/[C@H](O[Si](C)(C)C(C)(C)C)C1)O2. The molecule has 0 aromatic carbocycles. The van der Waals surface area contributed by atoms with Crippen LogP contribution in [0, 0.1) is 5.92 Å². The van der Waals surface area contributed by atoms with Gasteiger partial charge in [0.05, 0.1) is 31.0 Å². The quantitative estimate of drug-likeness (QED) is 0.148. The van der Waals surface area contributed by atoms with Gasteiger partial charge < -0.3 is 23.1 Å². The number of rotatable bonds is 7. The number of hydrogen-bond donors (Lipinski definition) is 0. The minimum Gasteiger partial charge on any atom is -0.456 e. The van der Waals surface area contributed by atoms with Crippen LogP contribution in [-0.2, 0) is 27.9 Å². The molecule has 2 bridgehead atoms. The highest BCUT2D eigenvalue weighted by atomic mass is 28.4. The van der Waals surface area contributed by atoms with Crippen LogP contribution in [0.4, 0.5) is 0 Å². The number of cyclic esters (lactones) is 1. The van der Waals surface area contributed by atoms with Crippen LogP contribution in [0.15, 0.2) is 72.4 Å². The summed E-state index contributed by atoms with van der Waals surface area (Å²) < 4.78 is 32.9. The Kier molecular flexibility index (Phi) is 15.6. The molecule has 3 aliphatic heterocycles. The molecule has 0 aromatic rings. The fraction of sp³-hybridized carbons (Fsp3) is 0.690. The van der Waals surface area contributed by atoms with Gasteiger partial charge in [0.25, 0.3) is 0 Å². The molecular weight excluding hydrogens is 657 g/mol. The Bertz CT molecular complexity index is 1280. The maximum Gasteiger partial charge on any atom is 0.330 e. The molecule has 3 aliphatic rings. The van der Waals surface area contributed by atoms with Crippen LogP contribution in [-0.4, -0.2) is 65.8 Å². The van der Waals surface area contributed by atoms with Gasteiger partial charge in [-0.3, -0.25) is 0 Å². The number of hydrogen-bond acceptors (Lipinski definition) is 6. The Balaban J connectivity index is 2.02.